The molecular weight excluding hydrogens is 805 g/mol. The molecule has 0 amide bonds. The number of furan rings is 2. The van der Waals surface area contributed by atoms with Crippen LogP contribution in [0.5, 0.6) is 0 Å². The Bertz CT molecular complexity index is 3980. The van der Waals surface area contributed by atoms with Crippen LogP contribution < -0.4 is 4.90 Å². The lowest BCUT2D eigenvalue weighted by molar-refractivity contribution is 0.672. The predicted octanol–water partition coefficient (Wildman–Crippen LogP) is 17.7. The summed E-state index contributed by atoms with van der Waals surface area (Å²) < 4.78 is 15.6. The van der Waals surface area contributed by atoms with E-state index in [9.17, 15) is 0 Å². The number of anilines is 3. The molecule has 0 aliphatic rings. The molecule has 3 heterocycles. The molecule has 14 rings (SSSR count). The molecule has 3 aromatic heterocycles. The summed E-state index contributed by atoms with van der Waals surface area (Å²) in [6.45, 7) is 0. The Labute approximate surface area is 379 Å². The number of rotatable bonds is 6. The number of benzene rings is 11. The van der Waals surface area contributed by atoms with E-state index in [4.69, 9.17) is 8.83 Å². The second-order valence-electron chi connectivity index (χ2n) is 17.2. The fourth-order valence-corrected chi connectivity index (χ4v) is 10.6. The van der Waals surface area contributed by atoms with E-state index < -0.39 is 0 Å². The highest BCUT2D eigenvalue weighted by Crippen LogP contribution is 2.45. The third-order valence-corrected chi connectivity index (χ3v) is 13.6. The van der Waals surface area contributed by atoms with Gasteiger partial charge in [-0.15, -0.1) is 0 Å². The minimum absolute atomic E-state index is 0.886. The Morgan fingerprint density at radius 1 is 0.318 bits per heavy atom. The van der Waals surface area contributed by atoms with Crippen molar-refractivity contribution in [1.29, 1.82) is 0 Å². The Morgan fingerprint density at radius 2 is 0.758 bits per heavy atom. The Hall–Kier alpha value is -8.86. The van der Waals surface area contributed by atoms with Gasteiger partial charge in [-0.05, 0) is 106 Å². The summed E-state index contributed by atoms with van der Waals surface area (Å²) in [5.74, 6) is 0. The predicted molar refractivity (Wildman–Crippen MR) is 276 cm³/mol. The molecule has 0 saturated heterocycles. The maximum atomic E-state index is 6.60. The van der Waals surface area contributed by atoms with Crippen LogP contribution in [0.3, 0.4) is 0 Å². The molecule has 0 spiro atoms. The van der Waals surface area contributed by atoms with Gasteiger partial charge in [0.25, 0.3) is 0 Å². The van der Waals surface area contributed by atoms with Crippen molar-refractivity contribution >= 4 is 104 Å². The molecule has 11 aromatic carbocycles. The van der Waals surface area contributed by atoms with E-state index in [2.05, 4.69) is 240 Å². The lowest BCUT2D eigenvalue weighted by Crippen LogP contribution is -2.13. The third-order valence-electron chi connectivity index (χ3n) is 13.6. The van der Waals surface area contributed by atoms with Crippen LogP contribution in [-0.4, -0.2) is 4.57 Å². The highest BCUT2D eigenvalue weighted by atomic mass is 16.3. The zero-order valence-corrected chi connectivity index (χ0v) is 35.7. The van der Waals surface area contributed by atoms with Crippen molar-refractivity contribution in [2.45, 2.75) is 0 Å². The molecule has 0 N–H and O–H groups in total. The molecule has 0 radical (unpaired) electrons. The van der Waals surface area contributed by atoms with E-state index in [-0.39, 0.29) is 0 Å². The number of hydrogen-bond donors (Lipinski definition) is 0. The molecule has 308 valence electrons. The fourth-order valence-electron chi connectivity index (χ4n) is 10.6. The van der Waals surface area contributed by atoms with Gasteiger partial charge < -0.3 is 18.3 Å². The van der Waals surface area contributed by atoms with Crippen LogP contribution in [0.2, 0.25) is 0 Å². The van der Waals surface area contributed by atoms with Crippen LogP contribution in [-0.2, 0) is 0 Å². The summed E-state index contributed by atoms with van der Waals surface area (Å²) in [5, 5.41) is 11.5. The summed E-state index contributed by atoms with van der Waals surface area (Å²) >= 11 is 0. The van der Waals surface area contributed by atoms with Gasteiger partial charge in [-0.1, -0.05) is 158 Å². The van der Waals surface area contributed by atoms with Gasteiger partial charge in [0.05, 0.1) is 22.4 Å². The van der Waals surface area contributed by atoms with Crippen LogP contribution in [0.4, 0.5) is 17.1 Å². The quantitative estimate of drug-likeness (QED) is 0.167. The summed E-state index contributed by atoms with van der Waals surface area (Å²) in [6, 6.07) is 82.7. The summed E-state index contributed by atoms with van der Waals surface area (Å²) in [5.41, 5.74) is 14.7. The van der Waals surface area contributed by atoms with Crippen LogP contribution in [0.1, 0.15) is 0 Å². The largest absolute Gasteiger partial charge is 0.455 e. The maximum Gasteiger partial charge on any atom is 0.143 e. The first kappa shape index (κ1) is 36.6. The van der Waals surface area contributed by atoms with Crippen molar-refractivity contribution in [3.8, 4) is 27.9 Å². The number of nitrogens with zero attached hydrogens (tertiary/aromatic N) is 2. The average molecular weight is 843 g/mol. The SMILES string of the molecule is c1ccc(-n2c3ccccc3c3ccccc32)c(N(c2ccc(-c3cccc4oc5c6ccccc6ccc5c34)cc2)c2ccc(-c3cccc4oc5c6ccccc6ccc5c34)cc2)c1. The first-order valence-corrected chi connectivity index (χ1v) is 22.5. The van der Waals surface area contributed by atoms with Gasteiger partial charge in [0.1, 0.15) is 22.3 Å². The van der Waals surface area contributed by atoms with E-state index >= 15 is 0 Å². The lowest BCUT2D eigenvalue weighted by atomic mass is 9.97. The summed E-state index contributed by atoms with van der Waals surface area (Å²) in [6.07, 6.45) is 0. The average Bonchev–Trinajstić information content (AvgIpc) is 4.08. The molecule has 0 unspecified atom stereocenters. The molecule has 0 bridgehead atoms. The molecule has 4 nitrogen and oxygen atoms in total. The van der Waals surface area contributed by atoms with E-state index in [0.29, 0.717) is 0 Å². The molecule has 66 heavy (non-hydrogen) atoms. The smallest absolute Gasteiger partial charge is 0.143 e. The standard InChI is InChI=1S/C62H38N2O2/c1-3-15-47-39(13-1)31-37-51-59-45(19-11-25-57(59)65-61(47)51)41-27-33-43(34-28-41)63(55-23-9-10-24-56(55)64-53-21-7-5-17-49(53)50-18-6-8-22-54(50)64)44-35-29-42(30-36-44)46-20-12-26-58-60(46)52-38-32-40-14-2-4-16-48(40)62(52)66-58/h1-38H. The van der Waals surface area contributed by atoms with Crippen molar-refractivity contribution in [3.63, 3.8) is 0 Å². The monoisotopic (exact) mass is 842 g/mol. The molecule has 0 aliphatic carbocycles. The van der Waals surface area contributed by atoms with Crippen molar-refractivity contribution in [3.05, 3.63) is 231 Å². The zero-order valence-electron chi connectivity index (χ0n) is 35.7. The first-order chi connectivity index (χ1) is 32.7. The van der Waals surface area contributed by atoms with Gasteiger partial charge in [-0.25, -0.2) is 0 Å². The topological polar surface area (TPSA) is 34.5 Å². The summed E-state index contributed by atoms with van der Waals surface area (Å²) in [4.78, 5) is 2.40. The maximum absolute atomic E-state index is 6.60. The third kappa shape index (κ3) is 5.45. The minimum atomic E-state index is 0.886. The Balaban J connectivity index is 0.943. The normalized spacial score (nSPS) is 11.9. The van der Waals surface area contributed by atoms with E-state index in [0.717, 1.165) is 99.7 Å². The minimum Gasteiger partial charge on any atom is -0.455 e. The number of hydrogen-bond acceptors (Lipinski definition) is 3. The highest BCUT2D eigenvalue weighted by molar-refractivity contribution is 6.20. The molecule has 14 aromatic rings. The van der Waals surface area contributed by atoms with Crippen molar-refractivity contribution in [2.75, 3.05) is 4.90 Å². The number of para-hydroxylation sites is 4. The van der Waals surface area contributed by atoms with Crippen LogP contribution in [0.25, 0.3) is 115 Å². The number of aromatic nitrogens is 1. The summed E-state index contributed by atoms with van der Waals surface area (Å²) in [7, 11) is 0. The van der Waals surface area contributed by atoms with Gasteiger partial charge in [-0.3, -0.25) is 0 Å². The van der Waals surface area contributed by atoms with Crippen LogP contribution in [0, 0.1) is 0 Å². The van der Waals surface area contributed by atoms with E-state index in [1.54, 1.807) is 0 Å². The first-order valence-electron chi connectivity index (χ1n) is 22.5. The van der Waals surface area contributed by atoms with Gasteiger partial charge in [0.15, 0.2) is 0 Å². The van der Waals surface area contributed by atoms with Gasteiger partial charge in [0, 0.05) is 54.5 Å². The molecule has 0 atom stereocenters. The van der Waals surface area contributed by atoms with Gasteiger partial charge in [0.2, 0.25) is 0 Å². The van der Waals surface area contributed by atoms with Crippen molar-refractivity contribution < 1.29 is 8.83 Å². The van der Waals surface area contributed by atoms with E-state index in [1.807, 2.05) is 0 Å². The molecule has 0 saturated carbocycles. The van der Waals surface area contributed by atoms with Crippen molar-refractivity contribution in [2.24, 2.45) is 0 Å². The molecule has 0 aliphatic heterocycles. The second-order valence-corrected chi connectivity index (χ2v) is 17.2. The lowest BCUT2D eigenvalue weighted by Gasteiger charge is -2.28. The van der Waals surface area contributed by atoms with Crippen LogP contribution in [0.15, 0.2) is 239 Å². The molecule has 4 heteroatoms. The van der Waals surface area contributed by atoms with Gasteiger partial charge in [-0.2, -0.15) is 0 Å². The highest BCUT2D eigenvalue weighted by Gasteiger charge is 2.22. The van der Waals surface area contributed by atoms with E-state index in [1.165, 1.54) is 32.6 Å². The fraction of sp³-hybridized carbons (Fsp3) is 0. The zero-order chi connectivity index (χ0) is 43.3. The van der Waals surface area contributed by atoms with Gasteiger partial charge >= 0.3 is 0 Å². The van der Waals surface area contributed by atoms with Crippen LogP contribution >= 0.6 is 0 Å². The second kappa shape index (κ2) is 14.3. The Morgan fingerprint density at radius 3 is 1.27 bits per heavy atom. The number of fused-ring (bicyclic) bond motifs is 13. The molecule has 0 fully saturated rings. The molecular formula is C62H38N2O2. The van der Waals surface area contributed by atoms with Crippen molar-refractivity contribution in [1.82, 2.24) is 4.57 Å². The Kier molecular flexibility index (Phi) is 7.95.